The van der Waals surface area contributed by atoms with Crippen molar-refractivity contribution in [2.24, 2.45) is 17.6 Å². The number of methoxy groups -OCH3 is 2. The molecule has 2 atom stereocenters. The van der Waals surface area contributed by atoms with Gasteiger partial charge < -0.3 is 49.1 Å². The lowest BCUT2D eigenvalue weighted by molar-refractivity contribution is -0.153. The number of carbonyl (C=O) groups excluding carboxylic acids is 5. The average Bonchev–Trinajstić information content (AvgIpc) is 3.86. The molecule has 0 bridgehead atoms. The highest BCUT2D eigenvalue weighted by molar-refractivity contribution is 7.20. The van der Waals surface area contributed by atoms with Crippen LogP contribution in [-0.4, -0.2) is 101 Å². The van der Waals surface area contributed by atoms with Gasteiger partial charge in [0, 0.05) is 73.6 Å². The molecule has 2 aromatic carbocycles. The van der Waals surface area contributed by atoms with E-state index < -0.39 is 41.3 Å². The van der Waals surface area contributed by atoms with Crippen LogP contribution in [0, 0.1) is 23.5 Å². The van der Waals surface area contributed by atoms with E-state index >= 15 is 8.78 Å². The summed E-state index contributed by atoms with van der Waals surface area (Å²) in [5.74, 6) is -4.88. The Kier molecular flexibility index (Phi) is 18.1. The summed E-state index contributed by atoms with van der Waals surface area (Å²) in [5.41, 5.74) is 6.15. The summed E-state index contributed by atoms with van der Waals surface area (Å²) in [6, 6.07) is 4.58. The maximum absolute atomic E-state index is 16.0. The van der Waals surface area contributed by atoms with E-state index in [1.807, 2.05) is 0 Å². The second-order valence-corrected chi connectivity index (χ2v) is 14.7. The van der Waals surface area contributed by atoms with Crippen LogP contribution in [-0.2, 0) is 46.5 Å². The predicted octanol–water partition coefficient (Wildman–Crippen LogP) is 5.10. The first-order chi connectivity index (χ1) is 28.4. The number of rotatable bonds is 25. The lowest BCUT2D eigenvalue weighted by Gasteiger charge is -2.24. The number of hydrogen-bond acceptors (Lipinski definition) is 14. The Morgan fingerprint density at radius 2 is 1.54 bits per heavy atom. The van der Waals surface area contributed by atoms with Crippen LogP contribution in [0.1, 0.15) is 73.7 Å². The fraction of sp³-hybridized carbons (Fsp3) is 0.537. The standard InChI is InChI=1S/C41H53F2N3O12S/c1-6-55-36(50)10-9-29(47)33-18-27-32(59-33)20-31(53-5)40(37(27)42)58-14-8-13-57-39-30(52-4)17-25-22-46(23-28(25)38(39)43)35(49)19-26(41(51)56-7-2)24(3)21-45-34(48)11-15-54-16-12-44/h17-18,20,24,26H,6-16,19,21-23,44H2,1-5H3,(H,45,48)/t24?,26-/m0/s1. The Morgan fingerprint density at radius 1 is 0.864 bits per heavy atom. The van der Waals surface area contributed by atoms with Gasteiger partial charge in [0.05, 0.1) is 71.1 Å². The average molecular weight is 850 g/mol. The normalized spacial score (nSPS) is 13.1. The first-order valence-corrected chi connectivity index (χ1v) is 20.3. The van der Waals surface area contributed by atoms with Crippen molar-refractivity contribution < 1.29 is 65.9 Å². The third kappa shape index (κ3) is 12.5. The van der Waals surface area contributed by atoms with Gasteiger partial charge in [0.1, 0.15) is 0 Å². The Labute approximate surface area is 345 Å². The van der Waals surface area contributed by atoms with E-state index in [0.717, 1.165) is 11.3 Å². The molecule has 1 aromatic heterocycles. The molecule has 1 unspecified atom stereocenters. The lowest BCUT2D eigenvalue weighted by atomic mass is 9.90. The second kappa shape index (κ2) is 22.9. The molecule has 15 nitrogen and oxygen atoms in total. The van der Waals surface area contributed by atoms with Gasteiger partial charge in [-0.05, 0) is 37.5 Å². The SMILES string of the molecule is CCOC(=O)CCC(=O)c1cc2c(F)c(OCCCOc3c(OC)cc4c(c3F)CN(C(=O)C[C@H](C(=O)OCC)C(C)CNC(=O)CCOCCN)C4)c(OC)cc2s1. The summed E-state index contributed by atoms with van der Waals surface area (Å²) in [6.07, 6.45) is -0.0602. The summed E-state index contributed by atoms with van der Waals surface area (Å²) in [6.45, 7) is 6.31. The molecule has 324 valence electrons. The summed E-state index contributed by atoms with van der Waals surface area (Å²) in [7, 11) is 2.72. The van der Waals surface area contributed by atoms with Gasteiger partial charge in [-0.1, -0.05) is 6.92 Å². The molecule has 0 aliphatic carbocycles. The van der Waals surface area contributed by atoms with E-state index in [-0.39, 0.29) is 135 Å². The van der Waals surface area contributed by atoms with Gasteiger partial charge in [-0.25, -0.2) is 8.78 Å². The third-order valence-electron chi connectivity index (χ3n) is 9.51. The first-order valence-electron chi connectivity index (χ1n) is 19.5. The van der Waals surface area contributed by atoms with Gasteiger partial charge in [0.15, 0.2) is 40.4 Å². The molecular formula is C41H53F2N3O12S. The highest BCUT2D eigenvalue weighted by atomic mass is 32.1. The highest BCUT2D eigenvalue weighted by Gasteiger charge is 2.35. The number of ketones is 1. The molecule has 0 saturated heterocycles. The molecule has 1 aliphatic rings. The number of hydrogen-bond donors (Lipinski definition) is 2. The fourth-order valence-corrected chi connectivity index (χ4v) is 7.42. The Morgan fingerprint density at radius 3 is 2.20 bits per heavy atom. The number of carbonyl (C=O) groups is 5. The zero-order chi connectivity index (χ0) is 43.1. The molecule has 4 rings (SSSR count). The van der Waals surface area contributed by atoms with Crippen LogP contribution < -0.4 is 30.0 Å². The summed E-state index contributed by atoms with van der Waals surface area (Å²) >= 11 is 1.08. The second-order valence-electron chi connectivity index (χ2n) is 13.6. The number of ether oxygens (including phenoxy) is 7. The van der Waals surface area contributed by atoms with Gasteiger partial charge in [-0.15, -0.1) is 11.3 Å². The van der Waals surface area contributed by atoms with E-state index in [9.17, 15) is 24.0 Å². The topological polar surface area (TPSA) is 191 Å². The number of nitrogens with zero attached hydrogens (tertiary/aromatic N) is 1. The number of benzene rings is 2. The van der Waals surface area contributed by atoms with Crippen LogP contribution in [0.25, 0.3) is 10.1 Å². The van der Waals surface area contributed by atoms with Crippen molar-refractivity contribution in [2.75, 3.05) is 67.0 Å². The van der Waals surface area contributed by atoms with Crippen LogP contribution in [0.15, 0.2) is 18.2 Å². The van der Waals surface area contributed by atoms with Gasteiger partial charge in [0.25, 0.3) is 0 Å². The zero-order valence-electron chi connectivity index (χ0n) is 34.1. The maximum Gasteiger partial charge on any atom is 0.309 e. The van der Waals surface area contributed by atoms with Crippen molar-refractivity contribution in [1.82, 2.24) is 10.2 Å². The van der Waals surface area contributed by atoms with E-state index in [1.165, 1.54) is 25.2 Å². The van der Waals surface area contributed by atoms with Gasteiger partial charge in [0.2, 0.25) is 11.8 Å². The first kappa shape index (κ1) is 46.6. The van der Waals surface area contributed by atoms with E-state index in [4.69, 9.17) is 38.9 Å². The molecule has 3 aromatic rings. The number of nitrogens with one attached hydrogen (secondary N) is 1. The number of thiophene rings is 1. The van der Waals surface area contributed by atoms with Crippen molar-refractivity contribution in [3.8, 4) is 23.0 Å². The molecule has 2 amide bonds. The molecule has 3 N–H and O–H groups in total. The van der Waals surface area contributed by atoms with Crippen LogP contribution in [0.5, 0.6) is 23.0 Å². The molecule has 1 aliphatic heterocycles. The molecule has 2 heterocycles. The lowest BCUT2D eigenvalue weighted by Crippen LogP contribution is -2.38. The smallest absolute Gasteiger partial charge is 0.309 e. The van der Waals surface area contributed by atoms with Crippen LogP contribution in [0.2, 0.25) is 0 Å². The minimum absolute atomic E-state index is 0.0433. The number of halogens is 2. The number of amides is 2. The Hall–Kier alpha value is -5.07. The molecule has 0 radical (unpaired) electrons. The summed E-state index contributed by atoms with van der Waals surface area (Å²) in [5, 5.41) is 2.93. The highest BCUT2D eigenvalue weighted by Crippen LogP contribution is 2.41. The fourth-order valence-electron chi connectivity index (χ4n) is 6.36. The number of esters is 2. The van der Waals surface area contributed by atoms with E-state index in [0.29, 0.717) is 23.4 Å². The van der Waals surface area contributed by atoms with Crippen molar-refractivity contribution in [3.05, 3.63) is 45.8 Å². The van der Waals surface area contributed by atoms with Gasteiger partial charge >= 0.3 is 11.9 Å². The van der Waals surface area contributed by atoms with Crippen molar-refractivity contribution in [3.63, 3.8) is 0 Å². The van der Waals surface area contributed by atoms with E-state index in [1.54, 1.807) is 32.9 Å². The zero-order valence-corrected chi connectivity index (χ0v) is 34.9. The molecule has 59 heavy (non-hydrogen) atoms. The van der Waals surface area contributed by atoms with Crippen molar-refractivity contribution in [1.29, 1.82) is 0 Å². The van der Waals surface area contributed by atoms with Crippen LogP contribution in [0.3, 0.4) is 0 Å². The summed E-state index contributed by atoms with van der Waals surface area (Å²) in [4.78, 5) is 64.9. The molecule has 18 heteroatoms. The van der Waals surface area contributed by atoms with Crippen LogP contribution in [0.4, 0.5) is 8.78 Å². The van der Waals surface area contributed by atoms with Crippen molar-refractivity contribution in [2.45, 2.75) is 66.0 Å². The summed E-state index contributed by atoms with van der Waals surface area (Å²) < 4.78 is 69.9. The molecule has 0 saturated carbocycles. The molecular weight excluding hydrogens is 797 g/mol. The van der Waals surface area contributed by atoms with Crippen LogP contribution >= 0.6 is 11.3 Å². The van der Waals surface area contributed by atoms with Gasteiger partial charge in [-0.3, -0.25) is 24.0 Å². The predicted molar refractivity (Wildman–Crippen MR) is 213 cm³/mol. The monoisotopic (exact) mass is 849 g/mol. The Bertz CT molecular complexity index is 1960. The largest absolute Gasteiger partial charge is 0.493 e. The minimum Gasteiger partial charge on any atom is -0.493 e. The maximum atomic E-state index is 16.0. The Balaban J connectivity index is 1.35. The number of fused-ring (bicyclic) bond motifs is 2. The molecule has 0 spiro atoms. The quantitative estimate of drug-likeness (QED) is 0.0651. The van der Waals surface area contributed by atoms with Gasteiger partial charge in [-0.2, -0.15) is 0 Å². The molecule has 0 fully saturated rings. The van der Waals surface area contributed by atoms with Crippen molar-refractivity contribution >= 4 is 51.0 Å². The third-order valence-corrected chi connectivity index (χ3v) is 10.6. The minimum atomic E-state index is -0.864. The number of nitrogens with two attached hydrogens (primary N) is 1. The number of Topliss-reactive ketones (excluding diaryl/α,β-unsaturated/α-hetero) is 1. The van der Waals surface area contributed by atoms with E-state index in [2.05, 4.69) is 5.32 Å².